The van der Waals surface area contributed by atoms with Crippen LogP contribution >= 0.6 is 11.6 Å². The Morgan fingerprint density at radius 3 is 2.91 bits per heavy atom. The molecule has 23 heavy (non-hydrogen) atoms. The molecule has 1 N–H and O–H groups in total. The van der Waals surface area contributed by atoms with Crippen LogP contribution in [0.2, 0.25) is 5.02 Å². The first-order valence-electron chi connectivity index (χ1n) is 8.44. The van der Waals surface area contributed by atoms with Crippen molar-refractivity contribution in [1.29, 1.82) is 0 Å². The number of piperidine rings is 1. The molecule has 0 radical (unpaired) electrons. The zero-order valence-electron chi connectivity index (χ0n) is 13.3. The molecule has 3 heterocycles. The van der Waals surface area contributed by atoms with Gasteiger partial charge in [-0.05, 0) is 43.7 Å². The van der Waals surface area contributed by atoms with E-state index >= 15 is 0 Å². The Morgan fingerprint density at radius 1 is 1.35 bits per heavy atom. The van der Waals surface area contributed by atoms with Gasteiger partial charge >= 0.3 is 0 Å². The van der Waals surface area contributed by atoms with Crippen molar-refractivity contribution in [1.82, 2.24) is 10.3 Å². The zero-order valence-corrected chi connectivity index (χ0v) is 14.1. The second kappa shape index (κ2) is 7.97. The van der Waals surface area contributed by atoms with E-state index in [0.29, 0.717) is 24.2 Å². The van der Waals surface area contributed by atoms with Crippen LogP contribution < -0.4 is 10.2 Å². The molecule has 2 fully saturated rings. The Morgan fingerprint density at radius 2 is 2.17 bits per heavy atom. The molecule has 1 atom stereocenters. The number of amides is 1. The summed E-state index contributed by atoms with van der Waals surface area (Å²) in [6.45, 7) is 4.11. The van der Waals surface area contributed by atoms with Gasteiger partial charge in [-0.3, -0.25) is 4.79 Å². The topological polar surface area (TPSA) is 54.5 Å². The Kier molecular flexibility index (Phi) is 5.73. The second-order valence-electron chi connectivity index (χ2n) is 6.42. The fraction of sp³-hybridized carbons (Fsp3) is 0.647. The molecule has 5 nitrogen and oxygen atoms in total. The molecule has 2 aliphatic rings. The predicted molar refractivity (Wildman–Crippen MR) is 90.7 cm³/mol. The number of carbonyl (C=O) groups excluding carboxylic acids is 1. The average molecular weight is 338 g/mol. The number of pyridine rings is 1. The summed E-state index contributed by atoms with van der Waals surface area (Å²) < 4.78 is 5.31. The number of nitrogens with one attached hydrogen (secondary N) is 1. The number of hydrogen-bond donors (Lipinski definition) is 1. The summed E-state index contributed by atoms with van der Waals surface area (Å²) in [7, 11) is 0. The molecule has 2 saturated heterocycles. The lowest BCUT2D eigenvalue weighted by Crippen LogP contribution is -2.43. The van der Waals surface area contributed by atoms with Crippen molar-refractivity contribution in [3.8, 4) is 0 Å². The molecule has 0 spiro atoms. The number of ether oxygens (including phenoxy) is 1. The van der Waals surface area contributed by atoms with Crippen LogP contribution in [0.1, 0.15) is 25.7 Å². The molecule has 0 aromatic carbocycles. The smallest absolute Gasteiger partial charge is 0.223 e. The molecule has 1 aromatic rings. The number of rotatable bonds is 4. The van der Waals surface area contributed by atoms with Gasteiger partial charge in [-0.1, -0.05) is 11.6 Å². The van der Waals surface area contributed by atoms with Crippen molar-refractivity contribution in [2.45, 2.75) is 25.7 Å². The average Bonchev–Trinajstić information content (AvgIpc) is 2.61. The zero-order chi connectivity index (χ0) is 16.1. The minimum Gasteiger partial charge on any atom is -0.381 e. The van der Waals surface area contributed by atoms with E-state index in [-0.39, 0.29) is 11.8 Å². The maximum atomic E-state index is 12.2. The standard InChI is InChI=1S/C17H24ClN3O2/c18-15-3-4-16(19-11-15)21-7-1-2-13(12-21)10-20-17(22)14-5-8-23-9-6-14/h3-4,11,13-14H,1-2,5-10,12H2,(H,20,22). The molecule has 1 aromatic heterocycles. The largest absolute Gasteiger partial charge is 0.381 e. The van der Waals surface area contributed by atoms with Crippen molar-refractivity contribution in [2.24, 2.45) is 11.8 Å². The highest BCUT2D eigenvalue weighted by Gasteiger charge is 2.24. The Labute approximate surface area is 142 Å². The Bertz CT molecular complexity index is 517. The molecule has 0 aliphatic carbocycles. The third-order valence-electron chi connectivity index (χ3n) is 4.71. The normalized spacial score (nSPS) is 22.8. The first-order valence-corrected chi connectivity index (χ1v) is 8.82. The van der Waals surface area contributed by atoms with Crippen LogP contribution in [0.25, 0.3) is 0 Å². The van der Waals surface area contributed by atoms with Gasteiger partial charge in [0.15, 0.2) is 0 Å². The lowest BCUT2D eigenvalue weighted by molar-refractivity contribution is -0.128. The minimum absolute atomic E-state index is 0.126. The minimum atomic E-state index is 0.126. The van der Waals surface area contributed by atoms with Crippen molar-refractivity contribution in [3.63, 3.8) is 0 Å². The van der Waals surface area contributed by atoms with E-state index in [1.165, 1.54) is 0 Å². The van der Waals surface area contributed by atoms with Gasteiger partial charge in [0, 0.05) is 45.0 Å². The second-order valence-corrected chi connectivity index (χ2v) is 6.86. The summed E-state index contributed by atoms with van der Waals surface area (Å²) in [5.74, 6) is 1.76. The van der Waals surface area contributed by atoms with Gasteiger partial charge in [0.25, 0.3) is 0 Å². The van der Waals surface area contributed by atoms with Gasteiger partial charge in [0.05, 0.1) is 5.02 Å². The number of hydrogen-bond acceptors (Lipinski definition) is 4. The molecular formula is C17H24ClN3O2. The van der Waals surface area contributed by atoms with E-state index in [2.05, 4.69) is 15.2 Å². The van der Waals surface area contributed by atoms with Crippen molar-refractivity contribution in [3.05, 3.63) is 23.4 Å². The highest BCUT2D eigenvalue weighted by molar-refractivity contribution is 6.30. The maximum Gasteiger partial charge on any atom is 0.223 e. The molecule has 2 aliphatic heterocycles. The highest BCUT2D eigenvalue weighted by Crippen LogP contribution is 2.22. The van der Waals surface area contributed by atoms with Gasteiger partial charge in [-0.25, -0.2) is 4.98 Å². The van der Waals surface area contributed by atoms with E-state index < -0.39 is 0 Å². The highest BCUT2D eigenvalue weighted by atomic mass is 35.5. The lowest BCUT2D eigenvalue weighted by atomic mass is 9.96. The predicted octanol–water partition coefficient (Wildman–Crippen LogP) is 2.49. The monoisotopic (exact) mass is 337 g/mol. The number of halogens is 1. The third-order valence-corrected chi connectivity index (χ3v) is 4.94. The fourth-order valence-corrected chi connectivity index (χ4v) is 3.46. The van der Waals surface area contributed by atoms with Gasteiger partial charge in [-0.15, -0.1) is 0 Å². The summed E-state index contributed by atoms with van der Waals surface area (Å²) >= 11 is 5.90. The van der Waals surface area contributed by atoms with Crippen LogP contribution in [-0.2, 0) is 9.53 Å². The van der Waals surface area contributed by atoms with Crippen LogP contribution in [0.4, 0.5) is 5.82 Å². The van der Waals surface area contributed by atoms with Gasteiger partial charge in [0.2, 0.25) is 5.91 Å². The third kappa shape index (κ3) is 4.58. The van der Waals surface area contributed by atoms with Crippen LogP contribution in [0.5, 0.6) is 0 Å². The lowest BCUT2D eigenvalue weighted by Gasteiger charge is -2.34. The van der Waals surface area contributed by atoms with Crippen molar-refractivity contribution >= 4 is 23.3 Å². The van der Waals surface area contributed by atoms with E-state index in [9.17, 15) is 4.79 Å². The fourth-order valence-electron chi connectivity index (χ4n) is 3.34. The van der Waals surface area contributed by atoms with Crippen molar-refractivity contribution < 1.29 is 9.53 Å². The van der Waals surface area contributed by atoms with Crippen LogP contribution in [0, 0.1) is 11.8 Å². The molecule has 1 unspecified atom stereocenters. The van der Waals surface area contributed by atoms with Crippen molar-refractivity contribution in [2.75, 3.05) is 37.7 Å². The molecule has 6 heteroatoms. The van der Waals surface area contributed by atoms with Gasteiger partial charge in [-0.2, -0.15) is 0 Å². The molecule has 1 amide bonds. The maximum absolute atomic E-state index is 12.2. The molecular weight excluding hydrogens is 314 g/mol. The first-order chi connectivity index (χ1) is 11.2. The molecule has 3 rings (SSSR count). The number of carbonyl (C=O) groups is 1. The molecule has 0 saturated carbocycles. The van der Waals surface area contributed by atoms with E-state index in [0.717, 1.165) is 51.1 Å². The first kappa shape index (κ1) is 16.5. The van der Waals surface area contributed by atoms with Gasteiger partial charge in [0.1, 0.15) is 5.82 Å². The number of anilines is 1. The van der Waals surface area contributed by atoms with Gasteiger partial charge < -0.3 is 15.0 Å². The number of nitrogens with zero attached hydrogens (tertiary/aromatic N) is 2. The Hall–Kier alpha value is -1.33. The summed E-state index contributed by atoms with van der Waals surface area (Å²) in [5.41, 5.74) is 0. The van der Waals surface area contributed by atoms with E-state index in [1.807, 2.05) is 12.1 Å². The summed E-state index contributed by atoms with van der Waals surface area (Å²) in [6, 6.07) is 3.84. The summed E-state index contributed by atoms with van der Waals surface area (Å²) in [5, 5.41) is 3.80. The Balaban J connectivity index is 1.48. The molecule has 0 bridgehead atoms. The van der Waals surface area contributed by atoms with Crippen LogP contribution in [0.15, 0.2) is 18.3 Å². The SMILES string of the molecule is O=C(NCC1CCCN(c2ccc(Cl)cn2)C1)C1CCOCC1. The van der Waals surface area contributed by atoms with Crippen LogP contribution in [-0.4, -0.2) is 43.7 Å². The number of aromatic nitrogens is 1. The summed E-state index contributed by atoms with van der Waals surface area (Å²) in [4.78, 5) is 18.9. The van der Waals surface area contributed by atoms with Crippen LogP contribution in [0.3, 0.4) is 0 Å². The summed E-state index contributed by atoms with van der Waals surface area (Å²) in [6.07, 6.45) is 5.66. The quantitative estimate of drug-likeness (QED) is 0.917. The van der Waals surface area contributed by atoms with E-state index in [1.54, 1.807) is 6.20 Å². The molecule has 126 valence electrons. The van der Waals surface area contributed by atoms with E-state index in [4.69, 9.17) is 16.3 Å².